The normalized spacial score (nSPS) is 11.2. The molecular weight excluding hydrogens is 332 g/mol. The molecule has 2 aromatic heterocycles. The molecule has 0 aliphatic carbocycles. The summed E-state index contributed by atoms with van der Waals surface area (Å²) in [6, 6.07) is 8.48. The smallest absolute Gasteiger partial charge is 0.126 e. The quantitative estimate of drug-likeness (QED) is 0.646. The average molecular weight is 356 g/mol. The molecule has 6 heteroatoms. The minimum Gasteiger partial charge on any atom is -0.496 e. The summed E-state index contributed by atoms with van der Waals surface area (Å²) in [5, 5.41) is 6.58. The summed E-state index contributed by atoms with van der Waals surface area (Å²) < 4.78 is 11.8. The lowest BCUT2D eigenvalue weighted by molar-refractivity contribution is 0.303. The van der Waals surface area contributed by atoms with Gasteiger partial charge in [0.2, 0.25) is 0 Å². The van der Waals surface area contributed by atoms with Crippen molar-refractivity contribution in [2.24, 2.45) is 0 Å². The largest absolute Gasteiger partial charge is 0.496 e. The van der Waals surface area contributed by atoms with Crippen LogP contribution >= 0.6 is 11.5 Å². The van der Waals surface area contributed by atoms with Crippen molar-refractivity contribution in [3.8, 4) is 16.9 Å². The van der Waals surface area contributed by atoms with Gasteiger partial charge in [0.15, 0.2) is 0 Å². The molecule has 1 aromatic carbocycles. The first-order chi connectivity index (χ1) is 12.1. The number of methoxy groups -OCH3 is 1. The molecule has 0 spiro atoms. The molecule has 0 saturated carbocycles. The third-order valence-electron chi connectivity index (χ3n) is 4.26. The maximum absolute atomic E-state index is 5.50. The third-order valence-corrected chi connectivity index (χ3v) is 4.84. The Bertz CT molecular complexity index is 826. The molecule has 132 valence electrons. The second-order valence-corrected chi connectivity index (χ2v) is 6.99. The lowest BCUT2D eigenvalue weighted by atomic mass is 10.0. The van der Waals surface area contributed by atoms with Crippen LogP contribution in [0.15, 0.2) is 35.8 Å². The van der Waals surface area contributed by atoms with Gasteiger partial charge >= 0.3 is 0 Å². The van der Waals surface area contributed by atoms with Crippen molar-refractivity contribution < 1.29 is 4.74 Å². The van der Waals surface area contributed by atoms with Crippen molar-refractivity contribution in [2.75, 3.05) is 20.7 Å². The lowest BCUT2D eigenvalue weighted by Crippen LogP contribution is -2.23. The Kier molecular flexibility index (Phi) is 5.50. The molecule has 0 atom stereocenters. The first-order valence-corrected chi connectivity index (χ1v) is 9.16. The van der Waals surface area contributed by atoms with Gasteiger partial charge in [0, 0.05) is 41.5 Å². The Morgan fingerprint density at radius 2 is 2.08 bits per heavy atom. The number of ether oxygens (including phenoxy) is 1. The molecule has 0 amide bonds. The highest BCUT2D eigenvalue weighted by Crippen LogP contribution is 2.31. The van der Waals surface area contributed by atoms with E-state index in [2.05, 4.69) is 51.2 Å². The van der Waals surface area contributed by atoms with Gasteiger partial charge in [-0.1, -0.05) is 6.07 Å². The predicted molar refractivity (Wildman–Crippen MR) is 102 cm³/mol. The molecule has 0 radical (unpaired) electrons. The summed E-state index contributed by atoms with van der Waals surface area (Å²) in [6.45, 7) is 6.86. The minimum atomic E-state index is 0.883. The van der Waals surface area contributed by atoms with Crippen molar-refractivity contribution in [3.05, 3.63) is 52.8 Å². The average Bonchev–Trinajstić information content (AvgIpc) is 3.22. The molecule has 0 N–H and O–H groups in total. The minimum absolute atomic E-state index is 0.883. The number of nitrogens with zero attached hydrogens (tertiary/aromatic N) is 4. The van der Waals surface area contributed by atoms with Crippen LogP contribution < -0.4 is 4.74 Å². The summed E-state index contributed by atoms with van der Waals surface area (Å²) in [5.74, 6) is 0.884. The zero-order valence-corrected chi connectivity index (χ0v) is 16.0. The van der Waals surface area contributed by atoms with Gasteiger partial charge in [0.1, 0.15) is 5.75 Å². The van der Waals surface area contributed by atoms with Crippen molar-refractivity contribution in [2.45, 2.75) is 26.9 Å². The van der Waals surface area contributed by atoms with Gasteiger partial charge < -0.3 is 9.64 Å². The Hall–Kier alpha value is -2.18. The number of aryl methyl sites for hydroxylation is 2. The SMILES string of the molecule is COc1ccc(CN(C)CCn2nc(C)cc2C)cc1-c1cnsc1. The fourth-order valence-corrected chi connectivity index (χ4v) is 3.51. The summed E-state index contributed by atoms with van der Waals surface area (Å²) in [7, 11) is 3.85. The van der Waals surface area contributed by atoms with Gasteiger partial charge in [-0.05, 0) is 56.2 Å². The zero-order valence-electron chi connectivity index (χ0n) is 15.2. The molecule has 0 aliphatic rings. The number of hydrogen-bond donors (Lipinski definition) is 0. The third kappa shape index (κ3) is 4.27. The summed E-state index contributed by atoms with van der Waals surface area (Å²) in [6.07, 6.45) is 1.89. The van der Waals surface area contributed by atoms with E-state index in [1.807, 2.05) is 24.6 Å². The molecule has 2 heterocycles. The van der Waals surface area contributed by atoms with Crippen molar-refractivity contribution >= 4 is 11.5 Å². The number of hydrogen-bond acceptors (Lipinski definition) is 5. The van der Waals surface area contributed by atoms with E-state index >= 15 is 0 Å². The standard InChI is InChI=1S/C19H24N4OS/c1-14-9-15(2)23(21-14)8-7-22(3)12-16-5-6-19(24-4)18(10-16)17-11-20-25-13-17/h5-6,9-11,13H,7-8,12H2,1-4H3. The Balaban J connectivity index is 1.68. The molecule has 3 aromatic rings. The Morgan fingerprint density at radius 3 is 2.72 bits per heavy atom. The van der Waals surface area contributed by atoms with Gasteiger partial charge in [0.25, 0.3) is 0 Å². The van der Waals surface area contributed by atoms with E-state index in [0.717, 1.165) is 42.2 Å². The van der Waals surface area contributed by atoms with E-state index in [-0.39, 0.29) is 0 Å². The number of aromatic nitrogens is 3. The molecule has 0 unspecified atom stereocenters. The Labute approximate surface area is 153 Å². The molecular formula is C19H24N4OS. The maximum Gasteiger partial charge on any atom is 0.126 e. The zero-order chi connectivity index (χ0) is 17.8. The van der Waals surface area contributed by atoms with Crippen molar-refractivity contribution in [1.82, 2.24) is 19.1 Å². The predicted octanol–water partition coefficient (Wildman–Crippen LogP) is 3.76. The number of likely N-dealkylation sites (N-methyl/N-ethyl adjacent to an activating group) is 1. The van der Waals surface area contributed by atoms with E-state index in [9.17, 15) is 0 Å². The van der Waals surface area contributed by atoms with Crippen LogP contribution in [0.2, 0.25) is 0 Å². The van der Waals surface area contributed by atoms with Crippen LogP contribution in [0.1, 0.15) is 17.0 Å². The van der Waals surface area contributed by atoms with E-state index in [0.29, 0.717) is 0 Å². The highest BCUT2D eigenvalue weighted by molar-refractivity contribution is 7.03. The number of benzene rings is 1. The second-order valence-electron chi connectivity index (χ2n) is 6.34. The summed E-state index contributed by atoms with van der Waals surface area (Å²) >= 11 is 1.46. The maximum atomic E-state index is 5.50. The summed E-state index contributed by atoms with van der Waals surface area (Å²) in [5.41, 5.74) is 5.75. The van der Waals surface area contributed by atoms with Crippen LogP contribution in [-0.2, 0) is 13.1 Å². The lowest BCUT2D eigenvalue weighted by Gasteiger charge is -2.18. The van der Waals surface area contributed by atoms with Gasteiger partial charge in [-0.2, -0.15) is 5.10 Å². The van der Waals surface area contributed by atoms with Gasteiger partial charge in [-0.3, -0.25) is 4.68 Å². The summed E-state index contributed by atoms with van der Waals surface area (Å²) in [4.78, 5) is 2.31. The van der Waals surface area contributed by atoms with Crippen LogP contribution in [0.3, 0.4) is 0 Å². The topological polar surface area (TPSA) is 43.2 Å². The molecule has 0 saturated heterocycles. The van der Waals surface area contributed by atoms with Gasteiger partial charge in [-0.25, -0.2) is 4.37 Å². The molecule has 0 aliphatic heterocycles. The molecule has 25 heavy (non-hydrogen) atoms. The molecule has 5 nitrogen and oxygen atoms in total. The molecule has 0 bridgehead atoms. The van der Waals surface area contributed by atoms with Crippen LogP contribution in [0.25, 0.3) is 11.1 Å². The fraction of sp³-hybridized carbons (Fsp3) is 0.368. The Morgan fingerprint density at radius 1 is 1.24 bits per heavy atom. The first kappa shape index (κ1) is 17.6. The van der Waals surface area contributed by atoms with E-state index in [4.69, 9.17) is 4.74 Å². The van der Waals surface area contributed by atoms with Gasteiger partial charge in [0.05, 0.1) is 19.3 Å². The highest BCUT2D eigenvalue weighted by atomic mass is 32.1. The van der Waals surface area contributed by atoms with Gasteiger partial charge in [-0.15, -0.1) is 0 Å². The van der Waals surface area contributed by atoms with Crippen molar-refractivity contribution in [3.63, 3.8) is 0 Å². The second kappa shape index (κ2) is 7.80. The number of rotatable bonds is 7. The van der Waals surface area contributed by atoms with Crippen LogP contribution in [0, 0.1) is 13.8 Å². The molecule has 3 rings (SSSR count). The monoisotopic (exact) mass is 356 g/mol. The van der Waals surface area contributed by atoms with E-state index in [1.54, 1.807) is 7.11 Å². The fourth-order valence-electron chi connectivity index (χ4n) is 2.97. The van der Waals surface area contributed by atoms with Crippen LogP contribution in [0.5, 0.6) is 5.75 Å². The van der Waals surface area contributed by atoms with Crippen LogP contribution in [-0.4, -0.2) is 39.8 Å². The highest BCUT2D eigenvalue weighted by Gasteiger charge is 2.10. The first-order valence-electron chi connectivity index (χ1n) is 8.33. The van der Waals surface area contributed by atoms with Crippen molar-refractivity contribution in [1.29, 1.82) is 0 Å². The van der Waals surface area contributed by atoms with E-state index in [1.165, 1.54) is 22.8 Å². The van der Waals surface area contributed by atoms with E-state index < -0.39 is 0 Å². The molecule has 0 fully saturated rings. The van der Waals surface area contributed by atoms with Crippen LogP contribution in [0.4, 0.5) is 0 Å².